The quantitative estimate of drug-likeness (QED) is 0.649. The van der Waals surface area contributed by atoms with E-state index in [1.807, 2.05) is 79.7 Å². The Morgan fingerprint density at radius 2 is 1.42 bits per heavy atom. The van der Waals surface area contributed by atoms with Crippen LogP contribution in [-0.2, 0) is 4.79 Å². The van der Waals surface area contributed by atoms with Crippen molar-refractivity contribution in [2.75, 3.05) is 5.32 Å². The van der Waals surface area contributed by atoms with Crippen LogP contribution >= 0.6 is 0 Å². The minimum atomic E-state index is -0.136. The minimum Gasteiger partial charge on any atom is -0.323 e. The lowest BCUT2D eigenvalue weighted by Crippen LogP contribution is -2.07. The first-order valence-corrected chi connectivity index (χ1v) is 7.92. The summed E-state index contributed by atoms with van der Waals surface area (Å²) >= 11 is 0. The van der Waals surface area contributed by atoms with Crippen LogP contribution in [0.3, 0.4) is 0 Å². The topological polar surface area (TPSA) is 29.1 Å². The first kappa shape index (κ1) is 15.8. The van der Waals surface area contributed by atoms with Crippen molar-refractivity contribution >= 4 is 17.7 Å². The van der Waals surface area contributed by atoms with Crippen molar-refractivity contribution in [1.82, 2.24) is 0 Å². The second-order valence-corrected chi connectivity index (χ2v) is 5.68. The summed E-state index contributed by atoms with van der Waals surface area (Å²) in [5.74, 6) is -0.136. The lowest BCUT2D eigenvalue weighted by atomic mass is 10.1. The molecule has 0 atom stereocenters. The number of aryl methyl sites for hydroxylation is 1. The van der Waals surface area contributed by atoms with Gasteiger partial charge in [-0.1, -0.05) is 72.3 Å². The number of carbonyl (C=O) groups excluding carboxylic acids is 1. The number of nitrogens with one attached hydrogen (secondary N) is 1. The van der Waals surface area contributed by atoms with Crippen molar-refractivity contribution in [3.8, 4) is 11.1 Å². The zero-order valence-corrected chi connectivity index (χ0v) is 13.6. The number of rotatable bonds is 4. The first-order valence-electron chi connectivity index (χ1n) is 7.92. The Morgan fingerprint density at radius 3 is 2.08 bits per heavy atom. The van der Waals surface area contributed by atoms with E-state index in [2.05, 4.69) is 17.4 Å². The van der Waals surface area contributed by atoms with Crippen molar-refractivity contribution in [3.05, 3.63) is 96.1 Å². The number of amides is 1. The maximum atomic E-state index is 12.0. The molecule has 1 amide bonds. The number of carbonyl (C=O) groups is 1. The average molecular weight is 313 g/mol. The predicted octanol–water partition coefficient (Wildman–Crippen LogP) is 5.31. The highest BCUT2D eigenvalue weighted by Gasteiger charge is 2.00. The fraction of sp³-hybridized carbons (Fsp3) is 0.0455. The smallest absolute Gasteiger partial charge is 0.248 e. The molecule has 0 aliphatic carbocycles. The highest BCUT2D eigenvalue weighted by molar-refractivity contribution is 6.02. The minimum absolute atomic E-state index is 0.136. The average Bonchev–Trinajstić information content (AvgIpc) is 2.63. The predicted molar refractivity (Wildman–Crippen MR) is 101 cm³/mol. The summed E-state index contributed by atoms with van der Waals surface area (Å²) in [5.41, 5.74) is 5.29. The second-order valence-electron chi connectivity index (χ2n) is 5.68. The van der Waals surface area contributed by atoms with Gasteiger partial charge in [-0.25, -0.2) is 0 Å². The molecular formula is C22H19NO. The van der Waals surface area contributed by atoms with Crippen molar-refractivity contribution in [3.63, 3.8) is 0 Å². The molecule has 0 unspecified atom stereocenters. The summed E-state index contributed by atoms with van der Waals surface area (Å²) in [6, 6.07) is 26.1. The van der Waals surface area contributed by atoms with Gasteiger partial charge in [0.2, 0.25) is 5.91 Å². The lowest BCUT2D eigenvalue weighted by molar-refractivity contribution is -0.111. The molecule has 3 aromatic rings. The summed E-state index contributed by atoms with van der Waals surface area (Å²) in [5, 5.41) is 2.88. The molecule has 118 valence electrons. The fourth-order valence-electron chi connectivity index (χ4n) is 2.41. The molecule has 3 aromatic carbocycles. The van der Waals surface area contributed by atoms with Gasteiger partial charge >= 0.3 is 0 Å². The van der Waals surface area contributed by atoms with E-state index >= 15 is 0 Å². The largest absolute Gasteiger partial charge is 0.323 e. The molecule has 0 radical (unpaired) electrons. The van der Waals surface area contributed by atoms with Crippen LogP contribution in [0.25, 0.3) is 17.2 Å². The highest BCUT2D eigenvalue weighted by Crippen LogP contribution is 2.21. The van der Waals surface area contributed by atoms with E-state index in [0.29, 0.717) is 0 Å². The van der Waals surface area contributed by atoms with Gasteiger partial charge in [0.05, 0.1) is 0 Å². The van der Waals surface area contributed by atoms with E-state index in [1.54, 1.807) is 6.08 Å². The molecule has 1 N–H and O–H groups in total. The molecule has 0 aliphatic heterocycles. The van der Waals surface area contributed by atoms with Crippen LogP contribution in [0.1, 0.15) is 11.1 Å². The van der Waals surface area contributed by atoms with Gasteiger partial charge in [0, 0.05) is 11.8 Å². The first-order chi connectivity index (χ1) is 11.7. The van der Waals surface area contributed by atoms with E-state index in [4.69, 9.17) is 0 Å². The van der Waals surface area contributed by atoms with Crippen LogP contribution in [0.15, 0.2) is 84.9 Å². The molecule has 0 saturated carbocycles. The standard InChI is InChI=1S/C22H19NO/c1-17-7-9-18(10-8-17)11-16-22(24)23-21-14-12-20(13-15-21)19-5-3-2-4-6-19/h2-16H,1H3,(H,23,24)/b16-11+. The number of anilines is 1. The summed E-state index contributed by atoms with van der Waals surface area (Å²) < 4.78 is 0. The third kappa shape index (κ3) is 4.20. The number of benzene rings is 3. The molecule has 0 heterocycles. The van der Waals surface area contributed by atoms with E-state index in [-0.39, 0.29) is 5.91 Å². The summed E-state index contributed by atoms with van der Waals surface area (Å²) in [6.45, 7) is 2.04. The molecule has 3 rings (SSSR count). The Bertz CT molecular complexity index is 831. The maximum Gasteiger partial charge on any atom is 0.248 e. The Hall–Kier alpha value is -3.13. The zero-order chi connectivity index (χ0) is 16.8. The van der Waals surface area contributed by atoms with Crippen LogP contribution < -0.4 is 5.32 Å². The third-order valence-corrected chi connectivity index (χ3v) is 3.76. The molecule has 2 nitrogen and oxygen atoms in total. The van der Waals surface area contributed by atoms with Crippen molar-refractivity contribution < 1.29 is 4.79 Å². The van der Waals surface area contributed by atoms with Crippen molar-refractivity contribution in [2.24, 2.45) is 0 Å². The molecule has 24 heavy (non-hydrogen) atoms. The SMILES string of the molecule is Cc1ccc(/C=C/C(=O)Nc2ccc(-c3ccccc3)cc2)cc1. The Balaban J connectivity index is 1.63. The summed E-state index contributed by atoms with van der Waals surface area (Å²) in [7, 11) is 0. The van der Waals surface area contributed by atoms with E-state index in [9.17, 15) is 4.79 Å². The molecule has 0 aliphatic rings. The Labute approximate surface area is 142 Å². The molecule has 0 bridgehead atoms. The normalized spacial score (nSPS) is 10.7. The summed E-state index contributed by atoms with van der Waals surface area (Å²) in [6.07, 6.45) is 3.36. The lowest BCUT2D eigenvalue weighted by Gasteiger charge is -2.05. The van der Waals surface area contributed by atoms with E-state index in [0.717, 1.165) is 22.4 Å². The van der Waals surface area contributed by atoms with Gasteiger partial charge in [0.15, 0.2) is 0 Å². The molecule has 0 saturated heterocycles. The molecule has 0 aromatic heterocycles. The summed E-state index contributed by atoms with van der Waals surface area (Å²) in [4.78, 5) is 12.0. The van der Waals surface area contributed by atoms with Gasteiger partial charge in [-0.05, 0) is 41.8 Å². The van der Waals surface area contributed by atoms with Crippen molar-refractivity contribution in [2.45, 2.75) is 6.92 Å². The molecular weight excluding hydrogens is 294 g/mol. The maximum absolute atomic E-state index is 12.0. The van der Waals surface area contributed by atoms with Crippen LogP contribution in [-0.4, -0.2) is 5.91 Å². The second kappa shape index (κ2) is 7.42. The van der Waals surface area contributed by atoms with Crippen LogP contribution in [0.5, 0.6) is 0 Å². The number of hydrogen-bond acceptors (Lipinski definition) is 1. The Kier molecular flexibility index (Phi) is 4.87. The molecule has 0 fully saturated rings. The van der Waals surface area contributed by atoms with Gasteiger partial charge in [0.25, 0.3) is 0 Å². The van der Waals surface area contributed by atoms with Gasteiger partial charge in [-0.2, -0.15) is 0 Å². The van der Waals surface area contributed by atoms with Gasteiger partial charge in [-0.3, -0.25) is 4.79 Å². The highest BCUT2D eigenvalue weighted by atomic mass is 16.1. The van der Waals surface area contributed by atoms with Crippen LogP contribution in [0, 0.1) is 6.92 Å². The van der Waals surface area contributed by atoms with Gasteiger partial charge in [0.1, 0.15) is 0 Å². The van der Waals surface area contributed by atoms with Crippen LogP contribution in [0.2, 0.25) is 0 Å². The van der Waals surface area contributed by atoms with Crippen LogP contribution in [0.4, 0.5) is 5.69 Å². The fourth-order valence-corrected chi connectivity index (χ4v) is 2.41. The van der Waals surface area contributed by atoms with Crippen molar-refractivity contribution in [1.29, 1.82) is 0 Å². The van der Waals surface area contributed by atoms with E-state index < -0.39 is 0 Å². The van der Waals surface area contributed by atoms with Gasteiger partial charge < -0.3 is 5.32 Å². The molecule has 2 heteroatoms. The van der Waals surface area contributed by atoms with Gasteiger partial charge in [-0.15, -0.1) is 0 Å². The molecule has 0 spiro atoms. The zero-order valence-electron chi connectivity index (χ0n) is 13.6. The van der Waals surface area contributed by atoms with E-state index in [1.165, 1.54) is 5.56 Å². The monoisotopic (exact) mass is 313 g/mol. The third-order valence-electron chi connectivity index (χ3n) is 3.76. The Morgan fingerprint density at radius 1 is 0.792 bits per heavy atom. The number of hydrogen-bond donors (Lipinski definition) is 1.